The highest BCUT2D eigenvalue weighted by atomic mass is 35.5. The van der Waals surface area contributed by atoms with Gasteiger partial charge in [0.15, 0.2) is 12.1 Å². The number of thiol groups is 1. The molecule has 0 amide bonds. The fraction of sp³-hybridized carbons (Fsp3) is 0.708. The average Bonchev–Trinajstić information content (AvgIpc) is 3.68. The molecule has 4 unspecified atom stereocenters. The molecule has 0 spiro atoms. The van der Waals surface area contributed by atoms with Crippen LogP contribution in [0.4, 0.5) is 0 Å². The molecule has 0 aromatic carbocycles. The van der Waals surface area contributed by atoms with Gasteiger partial charge in [-0.1, -0.05) is 37.8 Å². The third-order valence-electron chi connectivity index (χ3n) is 6.55. The summed E-state index contributed by atoms with van der Waals surface area (Å²) in [5.41, 5.74) is 8.89. The quantitative estimate of drug-likeness (QED) is 0.0344. The Labute approximate surface area is 236 Å². The van der Waals surface area contributed by atoms with Gasteiger partial charge < -0.3 is 25.4 Å². The number of aromatic nitrogens is 2. The Balaban J connectivity index is 1.59. The number of hydrogen-bond acceptors (Lipinski definition) is 9. The third-order valence-corrected chi connectivity index (χ3v) is 8.28. The van der Waals surface area contributed by atoms with E-state index in [1.165, 1.54) is 12.8 Å². The molecule has 1 aromatic heterocycles. The normalized spacial score (nSPS) is 22.6. The molecule has 1 saturated heterocycles. The number of rotatable bonds is 14. The number of amidine groups is 2. The van der Waals surface area contributed by atoms with Crippen molar-refractivity contribution in [3.05, 3.63) is 28.7 Å². The van der Waals surface area contributed by atoms with E-state index in [4.69, 9.17) is 42.2 Å². The summed E-state index contributed by atoms with van der Waals surface area (Å²) in [7, 11) is 0.230. The van der Waals surface area contributed by atoms with E-state index in [1.54, 1.807) is 0 Å². The topological polar surface area (TPSA) is 144 Å². The van der Waals surface area contributed by atoms with Gasteiger partial charge in [0.1, 0.15) is 23.4 Å². The summed E-state index contributed by atoms with van der Waals surface area (Å²) >= 11 is 10.9. The summed E-state index contributed by atoms with van der Waals surface area (Å²) in [6.45, 7) is 4.96. The number of nitrogens with two attached hydrogens (primary N) is 1. The molecule has 2 fully saturated rings. The fourth-order valence-electron chi connectivity index (χ4n) is 4.46. The zero-order valence-corrected chi connectivity index (χ0v) is 24.8. The summed E-state index contributed by atoms with van der Waals surface area (Å²) in [5, 5.41) is 15.2. The predicted octanol–water partition coefficient (Wildman–Crippen LogP) is 5.21. The number of halogens is 1. The summed E-state index contributed by atoms with van der Waals surface area (Å²) < 4.78 is 19.7. The lowest BCUT2D eigenvalue weighted by Crippen LogP contribution is -2.25. The molecule has 2 heterocycles. The Morgan fingerprint density at radius 2 is 2.21 bits per heavy atom. The van der Waals surface area contributed by atoms with E-state index in [-0.39, 0.29) is 38.4 Å². The highest BCUT2D eigenvalue weighted by Gasteiger charge is 2.30. The van der Waals surface area contributed by atoms with Crippen molar-refractivity contribution in [2.45, 2.75) is 89.4 Å². The maximum absolute atomic E-state index is 6.97. The summed E-state index contributed by atoms with van der Waals surface area (Å²) in [4.78, 5) is 5.03. The van der Waals surface area contributed by atoms with Gasteiger partial charge in [0.05, 0.1) is 37.1 Å². The first-order valence-corrected chi connectivity index (χ1v) is 15.9. The van der Waals surface area contributed by atoms with Crippen LogP contribution < -0.4 is 11.2 Å². The smallest absolute Gasteiger partial charge is 0.195 e. The molecule has 4 atom stereocenters. The van der Waals surface area contributed by atoms with Crippen LogP contribution in [0.25, 0.3) is 0 Å². The number of nitrogens with zero attached hydrogens (tertiary/aromatic N) is 5. The molecule has 11 nitrogen and oxygen atoms in total. The van der Waals surface area contributed by atoms with Gasteiger partial charge >= 0.3 is 0 Å². The molecule has 4 N–H and O–H groups in total. The van der Waals surface area contributed by atoms with E-state index in [0.717, 1.165) is 55.6 Å². The molecule has 0 bridgehead atoms. The van der Waals surface area contributed by atoms with Crippen LogP contribution >= 0.6 is 31.6 Å². The van der Waals surface area contributed by atoms with E-state index in [2.05, 4.69) is 39.8 Å². The van der Waals surface area contributed by atoms with E-state index in [1.807, 2.05) is 23.9 Å². The molecule has 14 heteroatoms. The summed E-state index contributed by atoms with van der Waals surface area (Å²) in [6, 6.07) is 0.306. The minimum atomic E-state index is -0.199. The van der Waals surface area contributed by atoms with Crippen LogP contribution in [-0.2, 0) is 14.2 Å². The van der Waals surface area contributed by atoms with Crippen LogP contribution in [0.5, 0.6) is 0 Å². The van der Waals surface area contributed by atoms with Gasteiger partial charge in [-0.3, -0.25) is 4.99 Å². The lowest BCUT2D eigenvalue weighted by molar-refractivity contribution is -0.0597. The van der Waals surface area contributed by atoms with Crippen LogP contribution in [0, 0.1) is 12.5 Å². The van der Waals surface area contributed by atoms with E-state index in [9.17, 15) is 0 Å². The minimum Gasteiger partial charge on any atom is -0.370 e. The lowest BCUT2D eigenvalue weighted by Gasteiger charge is -2.20. The molecule has 38 heavy (non-hydrogen) atoms. The van der Waals surface area contributed by atoms with Gasteiger partial charge in [0, 0.05) is 5.69 Å². The van der Waals surface area contributed by atoms with Crippen molar-refractivity contribution in [3.8, 4) is 0 Å². The number of nitrogens with one attached hydrogen (secondary N) is 2. The first-order valence-electron chi connectivity index (χ1n) is 13.1. The van der Waals surface area contributed by atoms with Crippen LogP contribution in [0.3, 0.4) is 0 Å². The van der Waals surface area contributed by atoms with Crippen molar-refractivity contribution in [1.82, 2.24) is 15.1 Å². The van der Waals surface area contributed by atoms with Gasteiger partial charge in [-0.15, -0.1) is 5.11 Å². The highest BCUT2D eigenvalue weighted by molar-refractivity contribution is 8.38. The van der Waals surface area contributed by atoms with Crippen LogP contribution in [0.15, 0.2) is 32.6 Å². The molecular formula is C24H40ClN8O3PS. The summed E-state index contributed by atoms with van der Waals surface area (Å²) in [6.07, 6.45) is 11.9. The molecule has 1 aromatic rings. The maximum atomic E-state index is 6.97. The second-order valence-corrected chi connectivity index (χ2v) is 11.5. The van der Waals surface area contributed by atoms with Crippen LogP contribution in [-0.4, -0.2) is 59.3 Å². The van der Waals surface area contributed by atoms with Gasteiger partial charge in [-0.2, -0.15) is 22.4 Å². The molecular weight excluding hydrogens is 547 g/mol. The first-order chi connectivity index (χ1) is 18.5. The lowest BCUT2D eigenvalue weighted by atomic mass is 10.2. The Hall–Kier alpha value is -1.56. The molecule has 0 radical (unpaired) electrons. The molecule has 212 valence electrons. The highest BCUT2D eigenvalue weighted by Crippen LogP contribution is 2.32. The van der Waals surface area contributed by atoms with Gasteiger partial charge in [0.25, 0.3) is 0 Å². The largest absolute Gasteiger partial charge is 0.370 e. The van der Waals surface area contributed by atoms with E-state index in [0.29, 0.717) is 24.4 Å². The Morgan fingerprint density at radius 3 is 2.89 bits per heavy atom. The van der Waals surface area contributed by atoms with Crippen molar-refractivity contribution >= 4 is 43.3 Å². The number of unbranched alkanes of at least 4 members (excludes halogenated alkanes) is 1. The second-order valence-electron chi connectivity index (χ2n) is 9.38. The van der Waals surface area contributed by atoms with Crippen molar-refractivity contribution in [1.29, 1.82) is 5.53 Å². The standard InChI is InChI=1S/C24H40ClN8O3PS/c1-3-4-9-20(25)30-24(29-17-7-5-6-8-17)19-12-28-33(16(19)2)22-11-10-18(36-22)13-35-23(37-38)15-34-14-21(31-26)32-27/h9,12,17-18,22-23,26,37-38H,3-8,10-11,13-15,27H2,1-2H3,(H,29,30)/b20-9+,31-26?,32-21-. The summed E-state index contributed by atoms with van der Waals surface area (Å²) in [5.74, 6) is 5.84. The molecule has 2 aliphatic rings. The Bertz CT molecular complexity index is 986. The Morgan fingerprint density at radius 1 is 1.42 bits per heavy atom. The zero-order valence-electron chi connectivity index (χ0n) is 22.1. The number of hydrazone groups is 1. The monoisotopic (exact) mass is 586 g/mol. The maximum Gasteiger partial charge on any atom is 0.195 e. The first kappa shape index (κ1) is 31.0. The number of allylic oxidation sites excluding steroid dienone is 1. The SMILES string of the molecule is CCC/C=C(\Cl)NC(=NC1CCCC1)c1cnn(C2CCC(COC(COC/C(N=N)=N/N)PS)O2)c1C. The van der Waals surface area contributed by atoms with Gasteiger partial charge in [-0.25, -0.2) is 10.2 Å². The average molecular weight is 587 g/mol. The predicted molar refractivity (Wildman–Crippen MR) is 156 cm³/mol. The van der Waals surface area contributed by atoms with Gasteiger partial charge in [0.2, 0.25) is 0 Å². The molecule has 1 aliphatic carbocycles. The van der Waals surface area contributed by atoms with E-state index >= 15 is 0 Å². The minimum absolute atomic E-state index is 0.0557. The number of ether oxygens (including phenoxy) is 3. The van der Waals surface area contributed by atoms with E-state index < -0.39 is 0 Å². The second kappa shape index (κ2) is 16.5. The fourth-order valence-corrected chi connectivity index (χ4v) is 5.47. The van der Waals surface area contributed by atoms with Gasteiger partial charge in [-0.05, 0) is 52.9 Å². The number of hydrogen-bond donors (Lipinski definition) is 4. The Kier molecular flexibility index (Phi) is 13.5. The molecule has 1 saturated carbocycles. The molecule has 1 aliphatic heterocycles. The van der Waals surface area contributed by atoms with Crippen molar-refractivity contribution < 1.29 is 14.2 Å². The van der Waals surface area contributed by atoms with Crippen molar-refractivity contribution in [3.63, 3.8) is 0 Å². The number of aliphatic imine (C=N–C) groups is 1. The molecule has 3 rings (SSSR count). The van der Waals surface area contributed by atoms with Crippen molar-refractivity contribution in [2.75, 3.05) is 19.8 Å². The van der Waals surface area contributed by atoms with Crippen LogP contribution in [0.2, 0.25) is 0 Å². The third kappa shape index (κ3) is 9.27. The van der Waals surface area contributed by atoms with Crippen molar-refractivity contribution in [2.24, 2.45) is 21.1 Å². The van der Waals surface area contributed by atoms with Crippen LogP contribution in [0.1, 0.15) is 75.8 Å². The zero-order chi connectivity index (χ0) is 27.3.